The van der Waals surface area contributed by atoms with Crippen LogP contribution >= 0.6 is 0 Å². The first-order valence-corrected chi connectivity index (χ1v) is 15.5. The van der Waals surface area contributed by atoms with Gasteiger partial charge in [-0.25, -0.2) is 4.98 Å². The maximum Gasteiger partial charge on any atom is 0.0897 e. The third-order valence-electron chi connectivity index (χ3n) is 9.60. The van der Waals surface area contributed by atoms with E-state index in [9.17, 15) is 0 Å². The fourth-order valence-electron chi connectivity index (χ4n) is 7.53. The van der Waals surface area contributed by atoms with Crippen molar-refractivity contribution in [3.8, 4) is 22.8 Å². The average Bonchev–Trinajstić information content (AvgIpc) is 3.44. The SMILES string of the molecule is C1=CC2c3ccccc3N(c3ccc(C4(c5cc(-c6ccccn6)nc(-c6ccccn6)c5)CCCCC4)cc3)C2C=C1. The van der Waals surface area contributed by atoms with Crippen molar-refractivity contribution in [1.82, 2.24) is 15.0 Å². The van der Waals surface area contributed by atoms with Gasteiger partial charge in [-0.15, -0.1) is 0 Å². The zero-order valence-electron chi connectivity index (χ0n) is 24.2. The molecule has 1 saturated carbocycles. The van der Waals surface area contributed by atoms with Crippen molar-refractivity contribution in [2.45, 2.75) is 49.5 Å². The van der Waals surface area contributed by atoms with Crippen molar-refractivity contribution < 1.29 is 0 Å². The normalized spacial score (nSPS) is 20.0. The van der Waals surface area contributed by atoms with Gasteiger partial charge >= 0.3 is 0 Å². The molecule has 3 aliphatic rings. The number of benzene rings is 2. The fraction of sp³-hybridized carbons (Fsp3) is 0.205. The summed E-state index contributed by atoms with van der Waals surface area (Å²) >= 11 is 0. The molecular weight excluding hydrogens is 524 g/mol. The van der Waals surface area contributed by atoms with Crippen LogP contribution in [0.3, 0.4) is 0 Å². The lowest BCUT2D eigenvalue weighted by molar-refractivity contribution is 0.346. The Morgan fingerprint density at radius 3 is 1.93 bits per heavy atom. The minimum absolute atomic E-state index is 0.0916. The molecule has 1 fully saturated rings. The Labute approximate surface area is 253 Å². The number of fused-ring (bicyclic) bond motifs is 3. The highest BCUT2D eigenvalue weighted by atomic mass is 15.2. The van der Waals surface area contributed by atoms with E-state index in [4.69, 9.17) is 4.98 Å². The maximum absolute atomic E-state index is 5.08. The van der Waals surface area contributed by atoms with Gasteiger partial charge in [-0.1, -0.05) is 86.0 Å². The number of anilines is 2. The van der Waals surface area contributed by atoms with Crippen LogP contribution in [-0.4, -0.2) is 21.0 Å². The van der Waals surface area contributed by atoms with E-state index < -0.39 is 0 Å². The first-order valence-electron chi connectivity index (χ1n) is 15.5. The molecule has 2 unspecified atom stereocenters. The molecule has 210 valence electrons. The molecule has 5 aromatic rings. The lowest BCUT2D eigenvalue weighted by atomic mass is 9.65. The van der Waals surface area contributed by atoms with Crippen molar-refractivity contribution in [2.75, 3.05) is 4.90 Å². The van der Waals surface area contributed by atoms with Crippen molar-refractivity contribution in [3.05, 3.63) is 150 Å². The van der Waals surface area contributed by atoms with E-state index in [-0.39, 0.29) is 5.41 Å². The number of hydrogen-bond donors (Lipinski definition) is 0. The number of pyridine rings is 3. The molecule has 0 amide bonds. The van der Waals surface area contributed by atoms with Crippen LogP contribution in [0.5, 0.6) is 0 Å². The van der Waals surface area contributed by atoms with Gasteiger partial charge in [-0.3, -0.25) is 9.97 Å². The molecule has 2 aliphatic carbocycles. The van der Waals surface area contributed by atoms with E-state index in [2.05, 4.69) is 99.8 Å². The highest BCUT2D eigenvalue weighted by Crippen LogP contribution is 2.50. The number of aromatic nitrogens is 3. The van der Waals surface area contributed by atoms with Crippen LogP contribution in [0, 0.1) is 0 Å². The van der Waals surface area contributed by atoms with Crippen LogP contribution < -0.4 is 4.90 Å². The smallest absolute Gasteiger partial charge is 0.0897 e. The standard InChI is InChI=1S/C39H34N4/c1-8-22-39(23-9-1,29-26-35(33-14-6-10-24-40-33)42-36(27-29)34-15-7-11-25-41-34)28-18-20-30(21-19-28)43-37-16-4-2-12-31(37)32-13-3-5-17-38(32)43/h2-7,10-21,24-27,31,37H,1,8-9,22-23H2. The van der Waals surface area contributed by atoms with E-state index in [0.717, 1.165) is 35.6 Å². The van der Waals surface area contributed by atoms with Gasteiger partial charge in [0.1, 0.15) is 0 Å². The van der Waals surface area contributed by atoms with Gasteiger partial charge in [-0.2, -0.15) is 0 Å². The quantitative estimate of drug-likeness (QED) is 0.216. The average molecular weight is 559 g/mol. The van der Waals surface area contributed by atoms with Crippen molar-refractivity contribution in [3.63, 3.8) is 0 Å². The summed E-state index contributed by atoms with van der Waals surface area (Å²) in [5.74, 6) is 0.386. The molecule has 3 aromatic heterocycles. The maximum atomic E-state index is 5.08. The Balaban J connectivity index is 1.24. The first kappa shape index (κ1) is 25.8. The second kappa shape index (κ2) is 10.8. The lowest BCUT2D eigenvalue weighted by Crippen LogP contribution is -2.31. The van der Waals surface area contributed by atoms with E-state index in [1.165, 1.54) is 47.3 Å². The number of rotatable bonds is 5. The van der Waals surface area contributed by atoms with Gasteiger partial charge in [0.15, 0.2) is 0 Å². The summed E-state index contributed by atoms with van der Waals surface area (Å²) in [6, 6.07) is 35.3. The molecule has 0 saturated heterocycles. The predicted molar refractivity (Wildman–Crippen MR) is 174 cm³/mol. The van der Waals surface area contributed by atoms with Crippen LogP contribution in [-0.2, 0) is 5.41 Å². The van der Waals surface area contributed by atoms with E-state index in [1.54, 1.807) is 0 Å². The molecule has 4 heterocycles. The highest BCUT2D eigenvalue weighted by Gasteiger charge is 2.39. The first-order chi connectivity index (χ1) is 21.3. The van der Waals surface area contributed by atoms with Gasteiger partial charge in [0.25, 0.3) is 0 Å². The predicted octanol–water partition coefficient (Wildman–Crippen LogP) is 9.19. The molecule has 43 heavy (non-hydrogen) atoms. The number of nitrogens with zero attached hydrogens (tertiary/aromatic N) is 4. The molecule has 0 N–H and O–H groups in total. The van der Waals surface area contributed by atoms with Crippen LogP contribution in [0.1, 0.15) is 54.7 Å². The lowest BCUT2D eigenvalue weighted by Gasteiger charge is -2.39. The zero-order valence-corrected chi connectivity index (χ0v) is 24.2. The molecule has 0 bridgehead atoms. The van der Waals surface area contributed by atoms with Gasteiger partial charge < -0.3 is 4.90 Å². The van der Waals surface area contributed by atoms with Crippen molar-refractivity contribution in [1.29, 1.82) is 0 Å². The van der Waals surface area contributed by atoms with E-state index >= 15 is 0 Å². The molecule has 2 aromatic carbocycles. The topological polar surface area (TPSA) is 41.9 Å². The summed E-state index contributed by atoms with van der Waals surface area (Å²) in [6.45, 7) is 0. The van der Waals surface area contributed by atoms with Crippen molar-refractivity contribution in [2.24, 2.45) is 0 Å². The van der Waals surface area contributed by atoms with E-state index in [0.29, 0.717) is 12.0 Å². The summed E-state index contributed by atoms with van der Waals surface area (Å²) in [6.07, 6.45) is 18.7. The second-order valence-corrected chi connectivity index (χ2v) is 12.0. The number of allylic oxidation sites excluding steroid dienone is 2. The van der Waals surface area contributed by atoms with Gasteiger partial charge in [0.2, 0.25) is 0 Å². The summed E-state index contributed by atoms with van der Waals surface area (Å²) < 4.78 is 0. The van der Waals surface area contributed by atoms with Gasteiger partial charge in [0, 0.05) is 35.1 Å². The molecule has 1 aliphatic heterocycles. The molecule has 0 spiro atoms. The van der Waals surface area contributed by atoms with Crippen LogP contribution in [0.25, 0.3) is 22.8 Å². The van der Waals surface area contributed by atoms with E-state index in [1.807, 2.05) is 48.8 Å². The van der Waals surface area contributed by atoms with Gasteiger partial charge in [0.05, 0.1) is 28.8 Å². The summed E-state index contributed by atoms with van der Waals surface area (Å²) in [5.41, 5.74) is 10.1. The third-order valence-corrected chi connectivity index (χ3v) is 9.60. The minimum atomic E-state index is -0.0916. The molecule has 4 heteroatoms. The Morgan fingerprint density at radius 1 is 0.605 bits per heavy atom. The summed E-state index contributed by atoms with van der Waals surface area (Å²) in [5, 5.41) is 0. The molecule has 4 nitrogen and oxygen atoms in total. The Morgan fingerprint density at radius 2 is 1.26 bits per heavy atom. The summed E-state index contributed by atoms with van der Waals surface area (Å²) in [7, 11) is 0. The molecule has 8 rings (SSSR count). The largest absolute Gasteiger partial charge is 0.333 e. The second-order valence-electron chi connectivity index (χ2n) is 12.0. The van der Waals surface area contributed by atoms with Crippen molar-refractivity contribution >= 4 is 11.4 Å². The minimum Gasteiger partial charge on any atom is -0.333 e. The number of para-hydroxylation sites is 1. The van der Waals surface area contributed by atoms with Crippen LogP contribution in [0.15, 0.2) is 134 Å². The Bertz CT molecular complexity index is 1740. The Kier molecular flexibility index (Phi) is 6.48. The monoisotopic (exact) mass is 558 g/mol. The molecule has 0 radical (unpaired) electrons. The van der Waals surface area contributed by atoms with Crippen LogP contribution in [0.4, 0.5) is 11.4 Å². The molecular formula is C39H34N4. The molecule has 2 atom stereocenters. The van der Waals surface area contributed by atoms with Crippen LogP contribution in [0.2, 0.25) is 0 Å². The zero-order chi connectivity index (χ0) is 28.6. The fourth-order valence-corrected chi connectivity index (χ4v) is 7.53. The number of hydrogen-bond acceptors (Lipinski definition) is 4. The van der Waals surface area contributed by atoms with Gasteiger partial charge in [-0.05, 0) is 84.1 Å². The summed E-state index contributed by atoms with van der Waals surface area (Å²) in [4.78, 5) is 16.9. The third kappa shape index (κ3) is 4.49. The Hall–Kier alpha value is -4.83. The highest BCUT2D eigenvalue weighted by molar-refractivity contribution is 5.75.